The molecule has 6 heteroatoms. The van der Waals surface area contributed by atoms with Crippen molar-refractivity contribution in [2.75, 3.05) is 12.3 Å². The van der Waals surface area contributed by atoms with Crippen LogP contribution in [0.2, 0.25) is 0 Å². The molecule has 0 aliphatic rings. The van der Waals surface area contributed by atoms with Crippen LogP contribution in [0.4, 0.5) is 0 Å². The topological polar surface area (TPSA) is 80.4 Å². The van der Waals surface area contributed by atoms with Crippen molar-refractivity contribution in [1.29, 1.82) is 0 Å². The molecule has 0 radical (unpaired) electrons. The molecule has 0 aliphatic carbocycles. The van der Waals surface area contributed by atoms with Gasteiger partial charge in [-0.25, -0.2) is 0 Å². The number of hydrogen-bond acceptors (Lipinski definition) is 5. The predicted molar refractivity (Wildman–Crippen MR) is 88.8 cm³/mol. The average molecular weight is 322 g/mol. The zero-order valence-electron chi connectivity index (χ0n) is 12.0. The van der Waals surface area contributed by atoms with Gasteiger partial charge in [-0.15, -0.1) is 0 Å². The van der Waals surface area contributed by atoms with Crippen LogP contribution in [-0.2, 0) is 9.59 Å². The molecule has 118 valence electrons. The second-order valence-corrected chi connectivity index (χ2v) is 6.23. The lowest BCUT2D eigenvalue weighted by molar-refractivity contribution is -0.146. The molecule has 0 aromatic carbocycles. The van der Waals surface area contributed by atoms with Gasteiger partial charge in [-0.1, -0.05) is 12.8 Å². The van der Waals surface area contributed by atoms with E-state index >= 15 is 0 Å². The Labute approximate surface area is 132 Å². The quantitative estimate of drug-likeness (QED) is 0.239. The molecule has 0 heterocycles. The van der Waals surface area contributed by atoms with Crippen molar-refractivity contribution >= 4 is 37.0 Å². The number of ketones is 1. The van der Waals surface area contributed by atoms with E-state index in [1.165, 1.54) is 0 Å². The first-order valence-corrected chi connectivity index (χ1v) is 8.42. The lowest BCUT2D eigenvalue weighted by atomic mass is 9.93. The Kier molecular flexibility index (Phi) is 12.4. The van der Waals surface area contributed by atoms with E-state index < -0.39 is 11.9 Å². The summed E-state index contributed by atoms with van der Waals surface area (Å²) in [6.45, 7) is 0.537. The van der Waals surface area contributed by atoms with Crippen LogP contribution < -0.4 is 5.73 Å². The van der Waals surface area contributed by atoms with Crippen LogP contribution >= 0.6 is 25.3 Å². The van der Waals surface area contributed by atoms with Crippen molar-refractivity contribution in [3.05, 3.63) is 0 Å². The van der Waals surface area contributed by atoms with Gasteiger partial charge in [-0.05, 0) is 44.4 Å². The van der Waals surface area contributed by atoms with Gasteiger partial charge < -0.3 is 10.8 Å². The molecule has 0 aromatic rings. The Morgan fingerprint density at radius 3 is 2.25 bits per heavy atom. The van der Waals surface area contributed by atoms with Gasteiger partial charge >= 0.3 is 5.97 Å². The van der Waals surface area contributed by atoms with Gasteiger partial charge in [0.25, 0.3) is 0 Å². The normalized spacial score (nSPS) is 13.9. The summed E-state index contributed by atoms with van der Waals surface area (Å²) in [6.07, 6.45) is 5.76. The lowest BCUT2D eigenvalue weighted by Gasteiger charge is -2.12. The molecule has 0 bridgehead atoms. The molecule has 0 spiro atoms. The lowest BCUT2D eigenvalue weighted by Crippen LogP contribution is -2.24. The van der Waals surface area contributed by atoms with Crippen LogP contribution in [0.1, 0.15) is 51.4 Å². The number of carbonyl (C=O) groups is 2. The van der Waals surface area contributed by atoms with Gasteiger partial charge in [0.2, 0.25) is 0 Å². The highest BCUT2D eigenvalue weighted by Crippen LogP contribution is 2.17. The third-order valence-electron chi connectivity index (χ3n) is 3.31. The SMILES string of the molecule is NCCCCC(C(=O)O)C(=O)CCCCC(S)CCS. The Morgan fingerprint density at radius 1 is 1.05 bits per heavy atom. The van der Waals surface area contributed by atoms with Crippen molar-refractivity contribution in [2.45, 2.75) is 56.6 Å². The zero-order chi connectivity index (χ0) is 15.4. The van der Waals surface area contributed by atoms with Crippen molar-refractivity contribution in [3.8, 4) is 0 Å². The number of aliphatic carboxylic acids is 1. The molecular formula is C14H27NO3S2. The second kappa shape index (κ2) is 12.5. The van der Waals surface area contributed by atoms with E-state index in [4.69, 9.17) is 10.8 Å². The smallest absolute Gasteiger partial charge is 0.314 e. The highest BCUT2D eigenvalue weighted by molar-refractivity contribution is 7.81. The van der Waals surface area contributed by atoms with E-state index in [-0.39, 0.29) is 5.78 Å². The monoisotopic (exact) mass is 321 g/mol. The molecular weight excluding hydrogens is 294 g/mol. The molecule has 2 unspecified atom stereocenters. The fourth-order valence-electron chi connectivity index (χ4n) is 2.06. The van der Waals surface area contributed by atoms with Crippen LogP contribution in [-0.4, -0.2) is 34.4 Å². The van der Waals surface area contributed by atoms with Crippen LogP contribution in [0.15, 0.2) is 0 Å². The fourth-order valence-corrected chi connectivity index (χ4v) is 2.89. The van der Waals surface area contributed by atoms with Gasteiger partial charge in [0.05, 0.1) is 0 Å². The van der Waals surface area contributed by atoms with E-state index in [0.717, 1.165) is 37.9 Å². The molecule has 2 atom stereocenters. The second-order valence-electron chi connectivity index (χ2n) is 5.05. The molecule has 4 nitrogen and oxygen atoms in total. The summed E-state index contributed by atoms with van der Waals surface area (Å²) >= 11 is 8.58. The molecule has 20 heavy (non-hydrogen) atoms. The number of thiol groups is 2. The summed E-state index contributed by atoms with van der Waals surface area (Å²) in [5.41, 5.74) is 5.37. The Bertz CT molecular complexity index is 288. The predicted octanol–water partition coefficient (Wildman–Crippen LogP) is 2.56. The summed E-state index contributed by atoms with van der Waals surface area (Å²) in [6, 6.07) is 0. The van der Waals surface area contributed by atoms with E-state index in [1.54, 1.807) is 0 Å². The summed E-state index contributed by atoms with van der Waals surface area (Å²) in [5.74, 6) is -1.20. The average Bonchev–Trinajstić information content (AvgIpc) is 2.39. The van der Waals surface area contributed by atoms with Crippen LogP contribution in [0.25, 0.3) is 0 Å². The van der Waals surface area contributed by atoms with Crippen LogP contribution in [0.3, 0.4) is 0 Å². The molecule has 0 aliphatic heterocycles. The first-order chi connectivity index (χ1) is 9.52. The first-order valence-electron chi connectivity index (χ1n) is 7.27. The van der Waals surface area contributed by atoms with Crippen molar-refractivity contribution in [3.63, 3.8) is 0 Å². The maximum absolute atomic E-state index is 11.9. The number of nitrogens with two attached hydrogens (primary N) is 1. The minimum absolute atomic E-state index is 0.153. The molecule has 0 fully saturated rings. The Hall–Kier alpha value is -0.200. The first kappa shape index (κ1) is 19.8. The number of rotatable bonds is 13. The van der Waals surface area contributed by atoms with E-state index in [0.29, 0.717) is 31.1 Å². The number of unbranched alkanes of at least 4 members (excludes halogenated alkanes) is 2. The van der Waals surface area contributed by atoms with E-state index in [1.807, 2.05) is 0 Å². The summed E-state index contributed by atoms with van der Waals surface area (Å²) < 4.78 is 0. The number of hydrogen-bond donors (Lipinski definition) is 4. The number of carbonyl (C=O) groups excluding carboxylic acids is 1. The maximum Gasteiger partial charge on any atom is 0.314 e. The Balaban J connectivity index is 3.92. The molecule has 3 N–H and O–H groups in total. The van der Waals surface area contributed by atoms with Crippen LogP contribution in [0, 0.1) is 5.92 Å². The highest BCUT2D eigenvalue weighted by Gasteiger charge is 2.24. The minimum Gasteiger partial charge on any atom is -0.481 e. The van der Waals surface area contributed by atoms with Crippen molar-refractivity contribution in [1.82, 2.24) is 0 Å². The molecule has 0 saturated heterocycles. The number of carboxylic acid groups (broad SMARTS) is 1. The maximum atomic E-state index is 11.9. The van der Waals surface area contributed by atoms with Crippen molar-refractivity contribution in [2.24, 2.45) is 11.7 Å². The highest BCUT2D eigenvalue weighted by atomic mass is 32.1. The van der Waals surface area contributed by atoms with E-state index in [9.17, 15) is 9.59 Å². The minimum atomic E-state index is -1.01. The standard InChI is InChI=1S/C14H27NO3S2/c15-9-4-3-6-12(14(17)18)13(16)7-2-1-5-11(20)8-10-19/h11-12,19-20H,1-10,15H2,(H,17,18). The zero-order valence-corrected chi connectivity index (χ0v) is 13.8. The van der Waals surface area contributed by atoms with E-state index in [2.05, 4.69) is 25.3 Å². The summed E-state index contributed by atoms with van der Waals surface area (Å²) in [7, 11) is 0. The van der Waals surface area contributed by atoms with Gasteiger partial charge in [0, 0.05) is 11.7 Å². The fraction of sp³-hybridized carbons (Fsp3) is 0.857. The van der Waals surface area contributed by atoms with Crippen LogP contribution in [0.5, 0.6) is 0 Å². The molecule has 0 saturated carbocycles. The molecule has 0 rings (SSSR count). The number of carboxylic acids is 1. The summed E-state index contributed by atoms with van der Waals surface area (Å²) in [5, 5.41) is 9.41. The summed E-state index contributed by atoms with van der Waals surface area (Å²) in [4.78, 5) is 23.0. The third kappa shape index (κ3) is 9.66. The molecule has 0 amide bonds. The third-order valence-corrected chi connectivity index (χ3v) is 4.08. The van der Waals surface area contributed by atoms with Gasteiger partial charge in [-0.3, -0.25) is 9.59 Å². The molecule has 0 aromatic heterocycles. The van der Waals surface area contributed by atoms with Gasteiger partial charge in [0.15, 0.2) is 0 Å². The van der Waals surface area contributed by atoms with Gasteiger partial charge in [0.1, 0.15) is 11.7 Å². The van der Waals surface area contributed by atoms with Gasteiger partial charge in [-0.2, -0.15) is 25.3 Å². The largest absolute Gasteiger partial charge is 0.481 e. The number of Topliss-reactive ketones (excluding diaryl/α,β-unsaturated/α-hetero) is 1. The van der Waals surface area contributed by atoms with Crippen molar-refractivity contribution < 1.29 is 14.7 Å². The Morgan fingerprint density at radius 2 is 1.70 bits per heavy atom.